The van der Waals surface area contributed by atoms with Gasteiger partial charge in [-0.2, -0.15) is 10.1 Å². The third-order valence-electron chi connectivity index (χ3n) is 2.10. The minimum Gasteiger partial charge on any atom is -0.479 e. The van der Waals surface area contributed by atoms with E-state index in [2.05, 4.69) is 20.5 Å². The van der Waals surface area contributed by atoms with Crippen LogP contribution in [0, 0.1) is 0 Å². The number of aromatic amines is 1. The van der Waals surface area contributed by atoms with Crippen molar-refractivity contribution in [1.29, 1.82) is 0 Å². The van der Waals surface area contributed by atoms with E-state index in [1.54, 1.807) is 18.3 Å². The summed E-state index contributed by atoms with van der Waals surface area (Å²) in [4.78, 5) is 4.20. The van der Waals surface area contributed by atoms with Gasteiger partial charge < -0.3 is 15.8 Å². The Balaban J connectivity index is 2.04. The van der Waals surface area contributed by atoms with E-state index in [9.17, 15) is 0 Å². The van der Waals surface area contributed by atoms with Gasteiger partial charge in [-0.15, -0.1) is 0 Å². The van der Waals surface area contributed by atoms with Crippen molar-refractivity contribution in [2.75, 3.05) is 18.2 Å². The molecule has 2 aromatic rings. The van der Waals surface area contributed by atoms with Gasteiger partial charge in [-0.3, -0.25) is 5.10 Å². The number of pyridine rings is 1. The fourth-order valence-electron chi connectivity index (χ4n) is 1.28. The highest BCUT2D eigenvalue weighted by Crippen LogP contribution is 2.20. The van der Waals surface area contributed by atoms with E-state index in [1.807, 2.05) is 6.07 Å². The predicted molar refractivity (Wildman–Crippen MR) is 61.1 cm³/mol. The molecule has 2 aromatic heterocycles. The summed E-state index contributed by atoms with van der Waals surface area (Å²) in [5, 5.41) is 9.83. The molecular weight excluding hydrogens is 206 g/mol. The predicted octanol–water partition coefficient (Wildman–Crippen LogP) is 1.01. The first-order valence-electron chi connectivity index (χ1n) is 4.82. The van der Waals surface area contributed by atoms with E-state index < -0.39 is 0 Å². The minimum absolute atomic E-state index is 0.426. The molecule has 4 N–H and O–H groups in total. The van der Waals surface area contributed by atoms with Gasteiger partial charge in [0.15, 0.2) is 0 Å². The zero-order valence-corrected chi connectivity index (χ0v) is 8.90. The number of nitrogens with zero attached hydrogens (tertiary/aromatic N) is 2. The SMILES string of the molecule is COc1nc(NCc2ccn[nH]2)ccc1N. The lowest BCUT2D eigenvalue weighted by atomic mass is 10.4. The summed E-state index contributed by atoms with van der Waals surface area (Å²) < 4.78 is 5.03. The Kier molecular flexibility index (Phi) is 2.90. The second kappa shape index (κ2) is 4.52. The van der Waals surface area contributed by atoms with Gasteiger partial charge in [-0.05, 0) is 18.2 Å². The van der Waals surface area contributed by atoms with E-state index >= 15 is 0 Å². The van der Waals surface area contributed by atoms with E-state index in [4.69, 9.17) is 10.5 Å². The molecule has 16 heavy (non-hydrogen) atoms. The van der Waals surface area contributed by atoms with Gasteiger partial charge in [0.1, 0.15) is 5.82 Å². The first-order chi connectivity index (χ1) is 7.79. The van der Waals surface area contributed by atoms with Crippen molar-refractivity contribution in [2.45, 2.75) is 6.54 Å². The maximum atomic E-state index is 5.66. The molecule has 0 radical (unpaired) electrons. The molecule has 0 fully saturated rings. The highest BCUT2D eigenvalue weighted by molar-refractivity contribution is 5.53. The maximum Gasteiger partial charge on any atom is 0.238 e. The van der Waals surface area contributed by atoms with E-state index in [1.165, 1.54) is 7.11 Å². The molecule has 2 rings (SSSR count). The Labute approximate surface area is 92.8 Å². The number of hydrogen-bond donors (Lipinski definition) is 3. The summed E-state index contributed by atoms with van der Waals surface area (Å²) >= 11 is 0. The molecule has 0 saturated heterocycles. The number of H-pyrrole nitrogens is 1. The molecule has 2 heterocycles. The van der Waals surface area contributed by atoms with Crippen molar-refractivity contribution in [1.82, 2.24) is 15.2 Å². The molecule has 0 unspecified atom stereocenters. The summed E-state index contributed by atoms with van der Waals surface area (Å²) in [6.45, 7) is 0.625. The highest BCUT2D eigenvalue weighted by Gasteiger charge is 2.02. The van der Waals surface area contributed by atoms with Crippen LogP contribution in [0.3, 0.4) is 0 Å². The van der Waals surface area contributed by atoms with Crippen molar-refractivity contribution >= 4 is 11.5 Å². The molecule has 84 valence electrons. The number of hydrogen-bond acceptors (Lipinski definition) is 5. The van der Waals surface area contributed by atoms with Crippen molar-refractivity contribution in [3.8, 4) is 5.88 Å². The number of rotatable bonds is 4. The van der Waals surface area contributed by atoms with Crippen LogP contribution in [0.1, 0.15) is 5.69 Å². The average Bonchev–Trinajstić information content (AvgIpc) is 2.81. The van der Waals surface area contributed by atoms with Crippen LogP contribution >= 0.6 is 0 Å². The Morgan fingerprint density at radius 2 is 2.31 bits per heavy atom. The molecular formula is C10H13N5O. The fraction of sp³-hybridized carbons (Fsp3) is 0.200. The van der Waals surface area contributed by atoms with Crippen molar-refractivity contribution < 1.29 is 4.74 Å². The van der Waals surface area contributed by atoms with E-state index in [-0.39, 0.29) is 0 Å². The van der Waals surface area contributed by atoms with Crippen molar-refractivity contribution in [3.63, 3.8) is 0 Å². The van der Waals surface area contributed by atoms with E-state index in [0.29, 0.717) is 23.9 Å². The standard InChI is InChI=1S/C10H13N5O/c1-16-10-8(11)2-3-9(14-10)12-6-7-4-5-13-15-7/h2-5H,6,11H2,1H3,(H,12,14)(H,13,15). The molecule has 0 aromatic carbocycles. The van der Waals surface area contributed by atoms with Crippen LogP contribution in [-0.4, -0.2) is 22.3 Å². The number of nitrogens with one attached hydrogen (secondary N) is 2. The maximum absolute atomic E-state index is 5.66. The Bertz CT molecular complexity index is 454. The molecule has 6 heteroatoms. The molecule has 0 aliphatic rings. The first-order valence-corrected chi connectivity index (χ1v) is 4.82. The number of ether oxygens (including phenoxy) is 1. The third kappa shape index (κ3) is 2.22. The summed E-state index contributed by atoms with van der Waals surface area (Å²) in [5.41, 5.74) is 7.17. The van der Waals surface area contributed by atoms with Gasteiger partial charge in [0.05, 0.1) is 25.0 Å². The molecule has 0 spiro atoms. The highest BCUT2D eigenvalue weighted by atomic mass is 16.5. The Hall–Kier alpha value is -2.24. The smallest absolute Gasteiger partial charge is 0.238 e. The van der Waals surface area contributed by atoms with Gasteiger partial charge >= 0.3 is 0 Å². The van der Waals surface area contributed by atoms with Crippen LogP contribution in [0.2, 0.25) is 0 Å². The lowest BCUT2D eigenvalue weighted by molar-refractivity contribution is 0.401. The number of nitrogen functional groups attached to an aromatic ring is 1. The Morgan fingerprint density at radius 1 is 1.44 bits per heavy atom. The molecule has 0 bridgehead atoms. The quantitative estimate of drug-likeness (QED) is 0.714. The van der Waals surface area contributed by atoms with Crippen LogP contribution in [-0.2, 0) is 6.54 Å². The molecule has 0 aliphatic heterocycles. The largest absolute Gasteiger partial charge is 0.479 e. The monoisotopic (exact) mass is 219 g/mol. The normalized spacial score (nSPS) is 10.1. The lowest BCUT2D eigenvalue weighted by Gasteiger charge is -2.07. The van der Waals surface area contributed by atoms with Crippen molar-refractivity contribution in [2.24, 2.45) is 0 Å². The topological polar surface area (TPSA) is 88.8 Å². The zero-order chi connectivity index (χ0) is 11.4. The number of nitrogens with two attached hydrogens (primary N) is 1. The fourth-order valence-corrected chi connectivity index (χ4v) is 1.28. The molecule has 0 atom stereocenters. The van der Waals surface area contributed by atoms with Gasteiger partial charge in [0.25, 0.3) is 0 Å². The Morgan fingerprint density at radius 3 is 3.00 bits per heavy atom. The second-order valence-corrected chi connectivity index (χ2v) is 3.23. The van der Waals surface area contributed by atoms with Crippen LogP contribution in [0.5, 0.6) is 5.88 Å². The zero-order valence-electron chi connectivity index (χ0n) is 8.90. The van der Waals surface area contributed by atoms with Crippen molar-refractivity contribution in [3.05, 3.63) is 30.1 Å². The summed E-state index contributed by atoms with van der Waals surface area (Å²) in [6, 6.07) is 5.44. The summed E-state index contributed by atoms with van der Waals surface area (Å²) in [6.07, 6.45) is 1.70. The lowest BCUT2D eigenvalue weighted by Crippen LogP contribution is -2.03. The first kappa shape index (κ1) is 10.3. The average molecular weight is 219 g/mol. The van der Waals surface area contributed by atoms with Crippen LogP contribution < -0.4 is 15.8 Å². The summed E-state index contributed by atoms with van der Waals surface area (Å²) in [5.74, 6) is 1.13. The number of anilines is 2. The second-order valence-electron chi connectivity index (χ2n) is 3.23. The van der Waals surface area contributed by atoms with Gasteiger partial charge in [-0.25, -0.2) is 0 Å². The van der Waals surface area contributed by atoms with Gasteiger partial charge in [0, 0.05) is 6.20 Å². The molecule has 0 amide bonds. The van der Waals surface area contributed by atoms with Crippen LogP contribution in [0.25, 0.3) is 0 Å². The van der Waals surface area contributed by atoms with Gasteiger partial charge in [0.2, 0.25) is 5.88 Å². The molecule has 0 saturated carbocycles. The van der Waals surface area contributed by atoms with Crippen LogP contribution in [0.4, 0.5) is 11.5 Å². The number of methoxy groups -OCH3 is 1. The number of aromatic nitrogens is 3. The molecule has 6 nitrogen and oxygen atoms in total. The summed E-state index contributed by atoms with van der Waals surface area (Å²) in [7, 11) is 1.54. The minimum atomic E-state index is 0.426. The van der Waals surface area contributed by atoms with E-state index in [0.717, 1.165) is 5.69 Å². The third-order valence-corrected chi connectivity index (χ3v) is 2.10. The van der Waals surface area contributed by atoms with Gasteiger partial charge in [-0.1, -0.05) is 0 Å². The molecule has 0 aliphatic carbocycles. The van der Waals surface area contributed by atoms with Crippen LogP contribution in [0.15, 0.2) is 24.4 Å².